The number of ether oxygens (including phenoxy) is 1. The van der Waals surface area contributed by atoms with Gasteiger partial charge in [0.1, 0.15) is 5.15 Å². The molecule has 0 atom stereocenters. The molecule has 0 radical (unpaired) electrons. The molecule has 0 aliphatic carbocycles. The van der Waals surface area contributed by atoms with E-state index in [4.69, 9.17) is 21.4 Å². The predicted octanol–water partition coefficient (Wildman–Crippen LogP) is 1.48. The third kappa shape index (κ3) is 1.96. The van der Waals surface area contributed by atoms with Gasteiger partial charge < -0.3 is 9.84 Å². The van der Waals surface area contributed by atoms with Crippen molar-refractivity contribution < 1.29 is 9.84 Å². The van der Waals surface area contributed by atoms with Crippen LogP contribution in [-0.4, -0.2) is 33.1 Å². The van der Waals surface area contributed by atoms with Crippen LogP contribution in [0.15, 0.2) is 12.3 Å². The summed E-state index contributed by atoms with van der Waals surface area (Å²) in [5.41, 5.74) is 0.817. The number of aromatic nitrogens is 3. The predicted molar refractivity (Wildman–Crippen MR) is 60.8 cm³/mol. The molecule has 0 aliphatic heterocycles. The van der Waals surface area contributed by atoms with Crippen LogP contribution < -0.4 is 4.74 Å². The number of aliphatic hydroxyl groups is 1. The molecule has 86 valence electrons. The van der Waals surface area contributed by atoms with Crippen LogP contribution in [0.3, 0.4) is 0 Å². The van der Waals surface area contributed by atoms with Crippen LogP contribution in [0.5, 0.6) is 5.88 Å². The molecule has 2 aromatic rings. The number of fused-ring (bicyclic) bond motifs is 1. The van der Waals surface area contributed by atoms with Crippen LogP contribution in [0.25, 0.3) is 10.9 Å². The lowest BCUT2D eigenvalue weighted by Gasteiger charge is -2.05. The van der Waals surface area contributed by atoms with Gasteiger partial charge >= 0.3 is 0 Å². The van der Waals surface area contributed by atoms with Gasteiger partial charge in [0.15, 0.2) is 0 Å². The quantitative estimate of drug-likeness (QED) is 0.824. The summed E-state index contributed by atoms with van der Waals surface area (Å²) < 4.78 is 7.05. The second kappa shape index (κ2) is 4.67. The Bertz CT molecular complexity index is 498. The Morgan fingerprint density at radius 3 is 3.06 bits per heavy atom. The Morgan fingerprint density at radius 1 is 1.56 bits per heavy atom. The van der Waals surface area contributed by atoms with Crippen molar-refractivity contribution in [1.82, 2.24) is 14.8 Å². The van der Waals surface area contributed by atoms with Crippen LogP contribution in [-0.2, 0) is 6.54 Å². The molecule has 2 heterocycles. The summed E-state index contributed by atoms with van der Waals surface area (Å²) >= 11 is 5.89. The lowest BCUT2D eigenvalue weighted by Crippen LogP contribution is -2.03. The highest BCUT2D eigenvalue weighted by atomic mass is 35.5. The lowest BCUT2D eigenvalue weighted by molar-refractivity contribution is 0.271. The summed E-state index contributed by atoms with van der Waals surface area (Å²) in [6.07, 6.45) is 1.67. The number of hydrogen-bond donors (Lipinski definition) is 1. The van der Waals surface area contributed by atoms with Crippen molar-refractivity contribution >= 4 is 22.5 Å². The van der Waals surface area contributed by atoms with Crippen molar-refractivity contribution in [2.24, 2.45) is 0 Å². The van der Waals surface area contributed by atoms with Crippen LogP contribution >= 0.6 is 11.6 Å². The van der Waals surface area contributed by atoms with Gasteiger partial charge in [-0.1, -0.05) is 11.6 Å². The molecule has 0 aliphatic rings. The number of rotatable bonds is 4. The fourth-order valence-corrected chi connectivity index (χ4v) is 1.71. The smallest absolute Gasteiger partial charge is 0.226 e. The molecule has 0 aromatic carbocycles. The molecule has 0 bridgehead atoms. The first kappa shape index (κ1) is 11.2. The summed E-state index contributed by atoms with van der Waals surface area (Å²) in [6.45, 7) is 2.86. The molecular weight excluding hydrogens is 230 g/mol. The van der Waals surface area contributed by atoms with Gasteiger partial charge in [0.05, 0.1) is 36.9 Å². The molecule has 6 heteroatoms. The average molecular weight is 242 g/mol. The van der Waals surface area contributed by atoms with Crippen molar-refractivity contribution in [3.63, 3.8) is 0 Å². The van der Waals surface area contributed by atoms with E-state index in [0.717, 1.165) is 10.9 Å². The van der Waals surface area contributed by atoms with Gasteiger partial charge in [-0.25, -0.2) is 4.98 Å². The maximum atomic E-state index is 8.90. The Hall–Kier alpha value is -1.33. The van der Waals surface area contributed by atoms with E-state index in [1.54, 1.807) is 16.9 Å². The van der Waals surface area contributed by atoms with E-state index in [-0.39, 0.29) is 6.61 Å². The fraction of sp³-hybridized carbons (Fsp3) is 0.400. The molecule has 0 spiro atoms. The van der Waals surface area contributed by atoms with Gasteiger partial charge in [-0.15, -0.1) is 0 Å². The molecule has 0 amide bonds. The SMILES string of the molecule is CCOc1nc(Cl)cc2c1cnn2CCO. The summed E-state index contributed by atoms with van der Waals surface area (Å²) in [4.78, 5) is 4.09. The molecule has 0 saturated heterocycles. The molecule has 0 unspecified atom stereocenters. The number of hydrogen-bond acceptors (Lipinski definition) is 4. The maximum absolute atomic E-state index is 8.90. The molecular formula is C10H12ClN3O2. The zero-order valence-electron chi connectivity index (χ0n) is 8.85. The standard InChI is InChI=1S/C10H12ClN3O2/c1-2-16-10-7-6-12-14(3-4-15)8(7)5-9(11)13-10/h5-6,15H,2-4H2,1H3. The van der Waals surface area contributed by atoms with Gasteiger partial charge in [0.2, 0.25) is 5.88 Å². The zero-order chi connectivity index (χ0) is 11.5. The molecule has 0 saturated carbocycles. The minimum absolute atomic E-state index is 0.0285. The summed E-state index contributed by atoms with van der Waals surface area (Å²) in [6, 6.07) is 1.71. The number of aliphatic hydroxyl groups excluding tert-OH is 1. The second-order valence-corrected chi connectivity index (χ2v) is 3.59. The first-order chi connectivity index (χ1) is 7.76. The Kier molecular flexibility index (Phi) is 3.26. The van der Waals surface area contributed by atoms with E-state index >= 15 is 0 Å². The first-order valence-corrected chi connectivity index (χ1v) is 5.39. The average Bonchev–Trinajstić information content (AvgIpc) is 2.63. The van der Waals surface area contributed by atoms with Crippen molar-refractivity contribution in [2.75, 3.05) is 13.2 Å². The third-order valence-corrected chi connectivity index (χ3v) is 2.36. The molecule has 2 aromatic heterocycles. The van der Waals surface area contributed by atoms with Crippen LogP contribution in [0, 0.1) is 0 Å². The lowest BCUT2D eigenvalue weighted by atomic mass is 10.3. The van der Waals surface area contributed by atoms with E-state index < -0.39 is 0 Å². The van der Waals surface area contributed by atoms with E-state index in [9.17, 15) is 0 Å². The van der Waals surface area contributed by atoms with Gasteiger partial charge in [-0.05, 0) is 6.92 Å². The van der Waals surface area contributed by atoms with Crippen molar-refractivity contribution in [3.8, 4) is 5.88 Å². The van der Waals surface area contributed by atoms with Crippen LogP contribution in [0.1, 0.15) is 6.92 Å². The van der Waals surface area contributed by atoms with Gasteiger partial charge in [-0.3, -0.25) is 4.68 Å². The van der Waals surface area contributed by atoms with E-state index in [2.05, 4.69) is 10.1 Å². The monoisotopic (exact) mass is 241 g/mol. The molecule has 2 rings (SSSR count). The minimum atomic E-state index is 0.0285. The number of halogens is 1. The summed E-state index contributed by atoms with van der Waals surface area (Å²) in [7, 11) is 0. The van der Waals surface area contributed by atoms with Crippen molar-refractivity contribution in [3.05, 3.63) is 17.4 Å². The van der Waals surface area contributed by atoms with Gasteiger partial charge in [0.25, 0.3) is 0 Å². The topological polar surface area (TPSA) is 60.2 Å². The van der Waals surface area contributed by atoms with E-state index in [0.29, 0.717) is 24.2 Å². The fourth-order valence-electron chi connectivity index (χ4n) is 1.53. The Labute approximate surface area is 97.6 Å². The molecule has 1 N–H and O–H groups in total. The van der Waals surface area contributed by atoms with Crippen molar-refractivity contribution in [1.29, 1.82) is 0 Å². The van der Waals surface area contributed by atoms with Crippen LogP contribution in [0.4, 0.5) is 0 Å². The second-order valence-electron chi connectivity index (χ2n) is 3.21. The third-order valence-electron chi connectivity index (χ3n) is 2.17. The number of pyridine rings is 1. The van der Waals surface area contributed by atoms with E-state index in [1.807, 2.05) is 6.92 Å². The Balaban J connectivity index is 2.56. The minimum Gasteiger partial charge on any atom is -0.477 e. The van der Waals surface area contributed by atoms with Crippen LogP contribution in [0.2, 0.25) is 5.15 Å². The highest BCUT2D eigenvalue weighted by molar-refractivity contribution is 6.30. The molecule has 5 nitrogen and oxygen atoms in total. The highest BCUT2D eigenvalue weighted by Gasteiger charge is 2.10. The largest absolute Gasteiger partial charge is 0.477 e. The summed E-state index contributed by atoms with van der Waals surface area (Å²) in [5.74, 6) is 0.481. The van der Waals surface area contributed by atoms with Crippen molar-refractivity contribution in [2.45, 2.75) is 13.5 Å². The van der Waals surface area contributed by atoms with Gasteiger partial charge in [0, 0.05) is 6.07 Å². The normalized spacial score (nSPS) is 10.9. The zero-order valence-corrected chi connectivity index (χ0v) is 9.61. The Morgan fingerprint density at radius 2 is 2.38 bits per heavy atom. The van der Waals surface area contributed by atoms with E-state index in [1.165, 1.54) is 0 Å². The molecule has 0 fully saturated rings. The maximum Gasteiger partial charge on any atom is 0.226 e. The molecule has 16 heavy (non-hydrogen) atoms. The van der Waals surface area contributed by atoms with Gasteiger partial charge in [-0.2, -0.15) is 5.10 Å². The summed E-state index contributed by atoms with van der Waals surface area (Å²) in [5, 5.41) is 14.2. The first-order valence-electron chi connectivity index (χ1n) is 5.02. The number of nitrogens with zero attached hydrogens (tertiary/aromatic N) is 3. The highest BCUT2D eigenvalue weighted by Crippen LogP contribution is 2.26.